The average Bonchev–Trinajstić information content (AvgIpc) is 3.01. The molecule has 0 saturated carbocycles. The molecule has 0 fully saturated rings. The molecule has 0 radical (unpaired) electrons. The Morgan fingerprint density at radius 2 is 1.16 bits per heavy atom. The first-order chi connectivity index (χ1) is 12.3. The number of phenols is 1. The molecule has 1 aliphatic heterocycles. The minimum absolute atomic E-state index is 0.0736. The molecule has 0 saturated heterocycles. The lowest BCUT2D eigenvalue weighted by Crippen LogP contribution is -1.95. The van der Waals surface area contributed by atoms with Crippen molar-refractivity contribution >= 4 is 30.1 Å². The van der Waals surface area contributed by atoms with Crippen molar-refractivity contribution in [3.63, 3.8) is 0 Å². The standard InChI is InChI=1S/C20H13O4P/c21-17-9-13-5-1-2-6-14(13)10-18(17)22-25-23-19-11-15-7-3-4-8-16(15)12-20(19)24-25/h1-12,25H/p+1. The lowest BCUT2D eigenvalue weighted by Gasteiger charge is -2.06. The molecule has 0 aromatic heterocycles. The molecule has 0 bridgehead atoms. The van der Waals surface area contributed by atoms with Crippen molar-refractivity contribution in [2.24, 2.45) is 0 Å². The van der Waals surface area contributed by atoms with Gasteiger partial charge in [0.05, 0.1) is 0 Å². The highest BCUT2D eigenvalue weighted by molar-refractivity contribution is 7.43. The average molecular weight is 349 g/mol. The van der Waals surface area contributed by atoms with Crippen LogP contribution in [0.1, 0.15) is 0 Å². The molecule has 4 aromatic carbocycles. The van der Waals surface area contributed by atoms with Gasteiger partial charge in [0, 0.05) is 0 Å². The Morgan fingerprint density at radius 1 is 0.680 bits per heavy atom. The fraction of sp³-hybridized carbons (Fsp3) is 0. The predicted molar refractivity (Wildman–Crippen MR) is 99.8 cm³/mol. The van der Waals surface area contributed by atoms with E-state index in [9.17, 15) is 5.11 Å². The first-order valence-corrected chi connectivity index (χ1v) is 9.14. The molecule has 0 unspecified atom stereocenters. The first kappa shape index (κ1) is 14.4. The monoisotopic (exact) mass is 349 g/mol. The van der Waals surface area contributed by atoms with Crippen molar-refractivity contribution in [1.29, 1.82) is 0 Å². The van der Waals surface area contributed by atoms with E-state index in [0.717, 1.165) is 21.5 Å². The molecule has 25 heavy (non-hydrogen) atoms. The van der Waals surface area contributed by atoms with E-state index in [-0.39, 0.29) is 5.75 Å². The Morgan fingerprint density at radius 3 is 1.72 bits per heavy atom. The van der Waals surface area contributed by atoms with Crippen molar-refractivity contribution in [2.75, 3.05) is 0 Å². The summed E-state index contributed by atoms with van der Waals surface area (Å²) in [6, 6.07) is 23.2. The molecule has 0 amide bonds. The molecular formula is C20H14O4P+. The van der Waals surface area contributed by atoms with Gasteiger partial charge in [0.2, 0.25) is 17.2 Å². The van der Waals surface area contributed by atoms with Crippen molar-refractivity contribution < 1.29 is 18.7 Å². The van der Waals surface area contributed by atoms with Crippen molar-refractivity contribution in [3.8, 4) is 23.0 Å². The van der Waals surface area contributed by atoms with Gasteiger partial charge in [0.15, 0.2) is 5.75 Å². The fourth-order valence-electron chi connectivity index (χ4n) is 2.98. The van der Waals surface area contributed by atoms with E-state index in [1.807, 2.05) is 60.7 Å². The van der Waals surface area contributed by atoms with Crippen LogP contribution < -0.4 is 13.6 Å². The highest BCUT2D eigenvalue weighted by atomic mass is 31.2. The smallest absolute Gasteiger partial charge is 0.504 e. The molecule has 4 aromatic rings. The maximum Gasteiger partial charge on any atom is 0.528 e. The van der Waals surface area contributed by atoms with Gasteiger partial charge in [-0.15, -0.1) is 0 Å². The summed E-state index contributed by atoms with van der Waals surface area (Å²) in [6.45, 7) is 0. The second kappa shape index (κ2) is 5.54. The third kappa shape index (κ3) is 2.51. The van der Waals surface area contributed by atoms with E-state index >= 15 is 0 Å². The van der Waals surface area contributed by atoms with Crippen LogP contribution in [0.2, 0.25) is 0 Å². The van der Waals surface area contributed by atoms with Crippen molar-refractivity contribution in [1.82, 2.24) is 0 Å². The predicted octanol–water partition coefficient (Wildman–Crippen LogP) is 5.51. The molecule has 0 spiro atoms. The molecule has 0 aliphatic carbocycles. The maximum atomic E-state index is 10.2. The Kier molecular flexibility index (Phi) is 3.19. The highest BCUT2D eigenvalue weighted by Crippen LogP contribution is 2.54. The van der Waals surface area contributed by atoms with Gasteiger partial charge in [0.1, 0.15) is 0 Å². The molecule has 1 N–H and O–H groups in total. The maximum absolute atomic E-state index is 10.2. The number of phenolic OH excluding ortho intramolecular Hbond substituents is 1. The van der Waals surface area contributed by atoms with Crippen LogP contribution in [0.4, 0.5) is 0 Å². The van der Waals surface area contributed by atoms with Gasteiger partial charge in [-0.05, 0) is 45.8 Å². The molecule has 4 nitrogen and oxygen atoms in total. The Hall–Kier alpha value is -2.97. The van der Waals surface area contributed by atoms with Crippen LogP contribution >= 0.6 is 8.60 Å². The van der Waals surface area contributed by atoms with Crippen LogP contribution in [0.15, 0.2) is 72.8 Å². The van der Waals surface area contributed by atoms with Gasteiger partial charge in [-0.25, -0.2) is 0 Å². The molecule has 122 valence electrons. The quantitative estimate of drug-likeness (QED) is 0.485. The van der Waals surface area contributed by atoms with Gasteiger partial charge in [-0.3, -0.25) is 13.6 Å². The Balaban J connectivity index is 1.45. The van der Waals surface area contributed by atoms with Crippen LogP contribution in [0, 0.1) is 0 Å². The number of benzene rings is 4. The normalized spacial score (nSPS) is 13.4. The van der Waals surface area contributed by atoms with Crippen LogP contribution in [0.5, 0.6) is 23.0 Å². The number of hydrogen-bond donors (Lipinski definition) is 1. The fourth-order valence-corrected chi connectivity index (χ4v) is 4.13. The van der Waals surface area contributed by atoms with E-state index < -0.39 is 8.60 Å². The molecular weight excluding hydrogens is 335 g/mol. The van der Waals surface area contributed by atoms with E-state index in [1.165, 1.54) is 0 Å². The molecule has 1 aliphatic rings. The molecule has 5 rings (SSSR count). The van der Waals surface area contributed by atoms with Crippen molar-refractivity contribution in [2.45, 2.75) is 0 Å². The summed E-state index contributed by atoms with van der Waals surface area (Å²) in [7, 11) is -2.05. The number of fused-ring (bicyclic) bond motifs is 3. The number of hydrogen-bond acceptors (Lipinski definition) is 4. The summed E-state index contributed by atoms with van der Waals surface area (Å²) in [5.74, 6) is 1.79. The summed E-state index contributed by atoms with van der Waals surface area (Å²) in [6.07, 6.45) is 0. The second-order valence-corrected chi connectivity index (χ2v) is 6.98. The Bertz CT molecular complexity index is 1060. The van der Waals surface area contributed by atoms with Crippen LogP contribution in [0.25, 0.3) is 21.5 Å². The first-order valence-electron chi connectivity index (χ1n) is 7.91. The van der Waals surface area contributed by atoms with Gasteiger partial charge >= 0.3 is 8.60 Å². The lowest BCUT2D eigenvalue weighted by molar-refractivity contribution is 0.403. The summed E-state index contributed by atoms with van der Waals surface area (Å²) in [5, 5.41) is 14.3. The third-order valence-electron chi connectivity index (χ3n) is 4.22. The SMILES string of the molecule is Oc1cc2ccccc2cc1O[PH+]1Oc2cc3ccccc3cc2O1. The van der Waals surface area contributed by atoms with Crippen LogP contribution in [-0.2, 0) is 0 Å². The van der Waals surface area contributed by atoms with Gasteiger partial charge in [0.25, 0.3) is 0 Å². The van der Waals surface area contributed by atoms with Gasteiger partial charge in [-0.2, -0.15) is 0 Å². The highest BCUT2D eigenvalue weighted by Gasteiger charge is 2.36. The zero-order valence-corrected chi connectivity index (χ0v) is 14.1. The van der Waals surface area contributed by atoms with Crippen LogP contribution in [-0.4, -0.2) is 5.11 Å². The van der Waals surface area contributed by atoms with E-state index in [1.54, 1.807) is 12.1 Å². The van der Waals surface area contributed by atoms with E-state index in [4.69, 9.17) is 13.6 Å². The van der Waals surface area contributed by atoms with E-state index in [2.05, 4.69) is 0 Å². The number of rotatable bonds is 2. The molecule has 0 atom stereocenters. The molecule has 1 heterocycles. The lowest BCUT2D eigenvalue weighted by atomic mass is 10.1. The summed E-state index contributed by atoms with van der Waals surface area (Å²) in [5.41, 5.74) is 0. The minimum Gasteiger partial charge on any atom is -0.504 e. The van der Waals surface area contributed by atoms with Gasteiger partial charge < -0.3 is 5.11 Å². The minimum atomic E-state index is -2.05. The summed E-state index contributed by atoms with van der Waals surface area (Å²) < 4.78 is 17.5. The third-order valence-corrected chi connectivity index (χ3v) is 5.38. The summed E-state index contributed by atoms with van der Waals surface area (Å²) >= 11 is 0. The zero-order chi connectivity index (χ0) is 16.8. The number of aromatic hydroxyl groups is 1. The second-order valence-electron chi connectivity index (χ2n) is 5.87. The largest absolute Gasteiger partial charge is 0.528 e. The van der Waals surface area contributed by atoms with Gasteiger partial charge in [-0.1, -0.05) is 48.5 Å². The van der Waals surface area contributed by atoms with Crippen molar-refractivity contribution in [3.05, 3.63) is 72.8 Å². The topological polar surface area (TPSA) is 47.9 Å². The zero-order valence-electron chi connectivity index (χ0n) is 13.1. The van der Waals surface area contributed by atoms with E-state index in [0.29, 0.717) is 17.2 Å². The molecule has 5 heteroatoms. The summed E-state index contributed by atoms with van der Waals surface area (Å²) in [4.78, 5) is 0. The Labute approximate surface area is 145 Å². The van der Waals surface area contributed by atoms with Crippen LogP contribution in [0.3, 0.4) is 0 Å².